The van der Waals surface area contributed by atoms with Gasteiger partial charge in [-0.2, -0.15) is 0 Å². The molecule has 1 heterocycles. The zero-order valence-electron chi connectivity index (χ0n) is 13.7. The fourth-order valence-corrected chi connectivity index (χ4v) is 4.70. The molecule has 0 atom stereocenters. The molecule has 1 aromatic carbocycles. The van der Waals surface area contributed by atoms with Crippen LogP contribution in [0.15, 0.2) is 18.2 Å². The lowest BCUT2D eigenvalue weighted by atomic mass is 10.0. The van der Waals surface area contributed by atoms with Crippen LogP contribution in [0, 0.1) is 0 Å². The highest BCUT2D eigenvalue weighted by atomic mass is 35.5. The number of rotatable bonds is 3. The topological polar surface area (TPSA) is 58.2 Å². The van der Waals surface area contributed by atoms with Gasteiger partial charge < -0.3 is 10.6 Å². The standard InChI is InChI=1S/C18H18Cl2N2O2S/c1-21-17(24)15-11-5-3-2-4-6-14(11)25-18(15)22-16(23)12-9-10(19)7-8-13(12)20/h7-9H,2-6H2,1H3,(H,21,24)(H,22,23). The zero-order valence-corrected chi connectivity index (χ0v) is 16.1. The van der Waals surface area contributed by atoms with Crippen LogP contribution in [0.3, 0.4) is 0 Å². The monoisotopic (exact) mass is 396 g/mol. The molecule has 0 aliphatic heterocycles. The van der Waals surface area contributed by atoms with E-state index in [2.05, 4.69) is 10.6 Å². The fraction of sp³-hybridized carbons (Fsp3) is 0.333. The predicted octanol–water partition coefficient (Wildman–Crippen LogP) is 4.94. The molecule has 1 aromatic heterocycles. The summed E-state index contributed by atoms with van der Waals surface area (Å²) in [5.74, 6) is -0.541. The number of benzene rings is 1. The van der Waals surface area contributed by atoms with Crippen molar-refractivity contribution in [3.63, 3.8) is 0 Å². The van der Waals surface area contributed by atoms with E-state index in [1.54, 1.807) is 19.2 Å². The molecule has 132 valence electrons. The molecule has 3 rings (SSSR count). The average molecular weight is 397 g/mol. The van der Waals surface area contributed by atoms with E-state index in [1.807, 2.05) is 0 Å². The third-order valence-corrected chi connectivity index (χ3v) is 6.05. The molecule has 0 saturated carbocycles. The third-order valence-electron chi connectivity index (χ3n) is 4.28. The van der Waals surface area contributed by atoms with Crippen LogP contribution in [0.1, 0.15) is 50.4 Å². The number of fused-ring (bicyclic) bond motifs is 1. The summed E-state index contributed by atoms with van der Waals surface area (Å²) in [6.45, 7) is 0. The smallest absolute Gasteiger partial charge is 0.257 e. The molecule has 0 fully saturated rings. The minimum atomic E-state index is -0.367. The van der Waals surface area contributed by atoms with Gasteiger partial charge >= 0.3 is 0 Å². The molecule has 2 aromatic rings. The highest BCUT2D eigenvalue weighted by Crippen LogP contribution is 2.38. The maximum absolute atomic E-state index is 12.7. The highest BCUT2D eigenvalue weighted by Gasteiger charge is 2.25. The summed E-state index contributed by atoms with van der Waals surface area (Å²) >= 11 is 13.6. The number of carbonyl (C=O) groups excluding carboxylic acids is 2. The third kappa shape index (κ3) is 3.84. The van der Waals surface area contributed by atoms with Crippen LogP contribution in [0.4, 0.5) is 5.00 Å². The molecule has 2 amide bonds. The molecular formula is C18H18Cl2N2O2S. The van der Waals surface area contributed by atoms with Crippen LogP contribution in [0.25, 0.3) is 0 Å². The summed E-state index contributed by atoms with van der Waals surface area (Å²) in [5, 5.41) is 6.87. The molecule has 25 heavy (non-hydrogen) atoms. The number of carbonyl (C=O) groups is 2. The minimum Gasteiger partial charge on any atom is -0.355 e. The van der Waals surface area contributed by atoms with E-state index in [1.165, 1.54) is 22.3 Å². The molecular weight excluding hydrogens is 379 g/mol. The molecule has 0 spiro atoms. The van der Waals surface area contributed by atoms with Crippen LogP contribution in [0.2, 0.25) is 10.0 Å². The Morgan fingerprint density at radius 1 is 1.08 bits per heavy atom. The number of amides is 2. The molecule has 0 bridgehead atoms. The second-order valence-corrected chi connectivity index (χ2v) is 7.87. The van der Waals surface area contributed by atoms with Crippen molar-refractivity contribution in [2.75, 3.05) is 12.4 Å². The lowest BCUT2D eigenvalue weighted by Gasteiger charge is -2.09. The predicted molar refractivity (Wildman–Crippen MR) is 103 cm³/mol. The summed E-state index contributed by atoms with van der Waals surface area (Å²) in [6, 6.07) is 4.74. The Hall–Kier alpha value is -1.56. The van der Waals surface area contributed by atoms with Crippen LogP contribution in [-0.4, -0.2) is 18.9 Å². The summed E-state index contributed by atoms with van der Waals surface area (Å²) in [7, 11) is 1.60. The number of thiophene rings is 1. The van der Waals surface area contributed by atoms with E-state index in [0.717, 1.165) is 37.7 Å². The summed E-state index contributed by atoms with van der Waals surface area (Å²) < 4.78 is 0. The number of aryl methyl sites for hydroxylation is 1. The van der Waals surface area contributed by atoms with Gasteiger partial charge in [-0.15, -0.1) is 11.3 Å². The quantitative estimate of drug-likeness (QED) is 0.721. The van der Waals surface area contributed by atoms with Gasteiger partial charge in [0.25, 0.3) is 11.8 Å². The fourth-order valence-electron chi connectivity index (χ4n) is 3.04. The molecule has 0 saturated heterocycles. The molecule has 0 radical (unpaired) electrons. The van der Waals surface area contributed by atoms with Crippen molar-refractivity contribution >= 4 is 51.4 Å². The van der Waals surface area contributed by atoms with Gasteiger partial charge in [0.1, 0.15) is 5.00 Å². The van der Waals surface area contributed by atoms with Gasteiger partial charge in [0.05, 0.1) is 16.1 Å². The summed E-state index contributed by atoms with van der Waals surface area (Å²) in [5.41, 5.74) is 1.94. The largest absolute Gasteiger partial charge is 0.355 e. The highest BCUT2D eigenvalue weighted by molar-refractivity contribution is 7.17. The first kappa shape index (κ1) is 18.2. The minimum absolute atomic E-state index is 0.174. The lowest BCUT2D eigenvalue weighted by molar-refractivity contribution is 0.0963. The van der Waals surface area contributed by atoms with Crippen LogP contribution in [-0.2, 0) is 12.8 Å². The molecule has 7 heteroatoms. The summed E-state index contributed by atoms with van der Waals surface area (Å²) in [4.78, 5) is 26.3. The Kier molecular flexibility index (Phi) is 5.67. The summed E-state index contributed by atoms with van der Waals surface area (Å²) in [6.07, 6.45) is 5.13. The molecule has 4 nitrogen and oxygen atoms in total. The second-order valence-electron chi connectivity index (χ2n) is 5.93. The Bertz CT molecular complexity index is 833. The first-order valence-electron chi connectivity index (χ1n) is 8.14. The Labute approximate surface area is 160 Å². The molecule has 1 aliphatic carbocycles. The van der Waals surface area contributed by atoms with Gasteiger partial charge in [-0.05, 0) is 49.4 Å². The van der Waals surface area contributed by atoms with E-state index in [0.29, 0.717) is 26.2 Å². The van der Waals surface area contributed by atoms with Crippen LogP contribution >= 0.6 is 34.5 Å². The second kappa shape index (κ2) is 7.77. The first-order chi connectivity index (χ1) is 12.0. The van der Waals surface area contributed by atoms with Crippen molar-refractivity contribution in [3.05, 3.63) is 49.8 Å². The van der Waals surface area contributed by atoms with Crippen molar-refractivity contribution in [3.8, 4) is 0 Å². The van der Waals surface area contributed by atoms with Gasteiger partial charge in [-0.1, -0.05) is 29.6 Å². The van der Waals surface area contributed by atoms with Crippen molar-refractivity contribution in [2.24, 2.45) is 0 Å². The number of nitrogens with one attached hydrogen (secondary N) is 2. The molecule has 1 aliphatic rings. The zero-order chi connectivity index (χ0) is 18.0. The molecule has 0 unspecified atom stereocenters. The van der Waals surface area contributed by atoms with E-state index < -0.39 is 0 Å². The Balaban J connectivity index is 1.98. The van der Waals surface area contributed by atoms with E-state index in [-0.39, 0.29) is 11.8 Å². The maximum Gasteiger partial charge on any atom is 0.257 e. The number of hydrogen-bond acceptors (Lipinski definition) is 3. The average Bonchev–Trinajstić information content (AvgIpc) is 2.77. The van der Waals surface area contributed by atoms with Crippen LogP contribution in [0.5, 0.6) is 0 Å². The van der Waals surface area contributed by atoms with E-state index in [9.17, 15) is 9.59 Å². The number of halogens is 2. The first-order valence-corrected chi connectivity index (χ1v) is 9.71. The van der Waals surface area contributed by atoms with Gasteiger partial charge in [-0.25, -0.2) is 0 Å². The Morgan fingerprint density at radius 2 is 1.84 bits per heavy atom. The lowest BCUT2D eigenvalue weighted by Crippen LogP contribution is -2.21. The van der Waals surface area contributed by atoms with Gasteiger partial charge in [0.2, 0.25) is 0 Å². The van der Waals surface area contributed by atoms with Crippen molar-refractivity contribution in [1.29, 1.82) is 0 Å². The normalized spacial score (nSPS) is 13.7. The van der Waals surface area contributed by atoms with Crippen molar-refractivity contribution in [2.45, 2.75) is 32.1 Å². The Morgan fingerprint density at radius 3 is 2.60 bits per heavy atom. The van der Waals surface area contributed by atoms with E-state index >= 15 is 0 Å². The maximum atomic E-state index is 12.7. The van der Waals surface area contributed by atoms with Gasteiger partial charge in [0.15, 0.2) is 0 Å². The number of hydrogen-bond donors (Lipinski definition) is 2. The molecule has 2 N–H and O–H groups in total. The van der Waals surface area contributed by atoms with E-state index in [4.69, 9.17) is 23.2 Å². The van der Waals surface area contributed by atoms with Crippen LogP contribution < -0.4 is 10.6 Å². The van der Waals surface area contributed by atoms with Gasteiger partial charge in [-0.3, -0.25) is 9.59 Å². The number of anilines is 1. The van der Waals surface area contributed by atoms with Crippen molar-refractivity contribution < 1.29 is 9.59 Å². The SMILES string of the molecule is CNC(=O)c1c(NC(=O)c2cc(Cl)ccc2Cl)sc2c1CCCCC2. The van der Waals surface area contributed by atoms with Gasteiger partial charge in [0, 0.05) is 16.9 Å². The van der Waals surface area contributed by atoms with Crippen molar-refractivity contribution in [1.82, 2.24) is 5.32 Å².